The number of halogens is 2. The minimum absolute atomic E-state index is 0.0175. The molecule has 0 unspecified atom stereocenters. The van der Waals surface area contributed by atoms with Crippen molar-refractivity contribution in [2.45, 2.75) is 17.9 Å². The van der Waals surface area contributed by atoms with Crippen LogP contribution in [0.3, 0.4) is 0 Å². The average molecular weight is 341 g/mol. The molecule has 8 heteroatoms. The molecule has 0 saturated heterocycles. The van der Waals surface area contributed by atoms with Crippen molar-refractivity contribution in [2.75, 3.05) is 27.3 Å². The highest BCUT2D eigenvalue weighted by molar-refractivity contribution is 7.89. The van der Waals surface area contributed by atoms with Crippen LogP contribution in [0.25, 0.3) is 0 Å². The molecule has 0 atom stereocenters. The molecule has 5 nitrogen and oxygen atoms in total. The van der Waals surface area contributed by atoms with E-state index in [1.54, 1.807) is 7.11 Å². The number of hydrogen-bond donors (Lipinski definition) is 1. The van der Waals surface area contributed by atoms with Crippen LogP contribution in [0.15, 0.2) is 17.0 Å². The molecule has 0 saturated carbocycles. The molecule has 0 bridgehead atoms. The third kappa shape index (κ3) is 3.84. The average Bonchev–Trinajstić information content (AvgIpc) is 2.39. The molecule has 0 amide bonds. The summed E-state index contributed by atoms with van der Waals surface area (Å²) < 4.78 is 31.0. The number of methoxy groups -OCH3 is 1. The monoisotopic (exact) mass is 340 g/mol. The lowest BCUT2D eigenvalue weighted by Crippen LogP contribution is -2.29. The second-order valence-corrected chi connectivity index (χ2v) is 7.01. The van der Waals surface area contributed by atoms with Crippen LogP contribution in [0.4, 0.5) is 0 Å². The van der Waals surface area contributed by atoms with Gasteiger partial charge in [0.05, 0.1) is 5.02 Å². The lowest BCUT2D eigenvalue weighted by molar-refractivity contribution is 0.189. The molecule has 0 aliphatic carbocycles. The Morgan fingerprint density at radius 3 is 2.55 bits per heavy atom. The maximum absolute atomic E-state index is 12.4. The Kier molecular flexibility index (Phi) is 6.71. The topological polar surface area (TPSA) is 72.6 Å². The van der Waals surface area contributed by atoms with Gasteiger partial charge in [-0.3, -0.25) is 0 Å². The van der Waals surface area contributed by atoms with Gasteiger partial charge in [-0.1, -0.05) is 23.2 Å². The van der Waals surface area contributed by atoms with Crippen LogP contribution in [-0.4, -0.2) is 40.0 Å². The van der Waals surface area contributed by atoms with Gasteiger partial charge in [-0.05, 0) is 18.6 Å². The normalized spacial score (nSPS) is 12.1. The molecule has 0 spiro atoms. The molecule has 0 aromatic heterocycles. The van der Waals surface area contributed by atoms with Gasteiger partial charge in [-0.15, -0.1) is 0 Å². The van der Waals surface area contributed by atoms with Gasteiger partial charge in [-0.2, -0.15) is 0 Å². The third-order valence-corrected chi connectivity index (χ3v) is 5.66. The van der Waals surface area contributed by atoms with Crippen LogP contribution >= 0.6 is 23.2 Å². The zero-order valence-electron chi connectivity index (χ0n) is 11.4. The Bertz CT molecular complexity index is 564. The summed E-state index contributed by atoms with van der Waals surface area (Å²) in [6, 6.07) is 2.89. The van der Waals surface area contributed by atoms with Gasteiger partial charge in [0, 0.05) is 44.4 Å². The van der Waals surface area contributed by atoms with E-state index in [1.165, 1.54) is 23.5 Å². The lowest BCUT2D eigenvalue weighted by Gasteiger charge is -2.19. The fraction of sp³-hybridized carbons (Fsp3) is 0.500. The molecule has 1 aromatic carbocycles. The Hall–Kier alpha value is -0.370. The highest BCUT2D eigenvalue weighted by Gasteiger charge is 2.25. The number of benzene rings is 1. The van der Waals surface area contributed by atoms with Crippen LogP contribution in [0.2, 0.25) is 10.0 Å². The van der Waals surface area contributed by atoms with E-state index in [-0.39, 0.29) is 16.5 Å². The lowest BCUT2D eigenvalue weighted by atomic mass is 10.2. The molecule has 2 N–H and O–H groups in total. The Morgan fingerprint density at radius 1 is 1.35 bits per heavy atom. The van der Waals surface area contributed by atoms with Crippen molar-refractivity contribution >= 4 is 33.2 Å². The maximum atomic E-state index is 12.4. The first-order valence-corrected chi connectivity index (χ1v) is 8.18. The number of nitrogens with zero attached hydrogens (tertiary/aromatic N) is 1. The molecule has 0 radical (unpaired) electrons. The van der Waals surface area contributed by atoms with Crippen molar-refractivity contribution in [3.05, 3.63) is 27.7 Å². The van der Waals surface area contributed by atoms with Crippen molar-refractivity contribution in [3.8, 4) is 0 Å². The van der Waals surface area contributed by atoms with Crippen LogP contribution in [-0.2, 0) is 21.3 Å². The number of hydrogen-bond acceptors (Lipinski definition) is 4. The van der Waals surface area contributed by atoms with Crippen molar-refractivity contribution in [2.24, 2.45) is 5.73 Å². The molecule has 20 heavy (non-hydrogen) atoms. The number of sulfonamides is 1. The SMILES string of the molecule is COCCCN(C)S(=O)(=O)c1ccc(Cl)c(CN)c1Cl. The molecule has 1 rings (SSSR count). The fourth-order valence-electron chi connectivity index (χ4n) is 1.68. The first kappa shape index (κ1) is 17.7. The highest BCUT2D eigenvalue weighted by atomic mass is 35.5. The minimum Gasteiger partial charge on any atom is -0.385 e. The summed E-state index contributed by atoms with van der Waals surface area (Å²) in [7, 11) is -0.602. The molecule has 0 aliphatic rings. The predicted octanol–water partition coefficient (Wildman–Crippen LogP) is 2.11. The molecule has 1 aromatic rings. The maximum Gasteiger partial charge on any atom is 0.244 e. The van der Waals surface area contributed by atoms with Gasteiger partial charge >= 0.3 is 0 Å². The van der Waals surface area contributed by atoms with Crippen molar-refractivity contribution in [1.82, 2.24) is 4.31 Å². The number of nitrogens with two attached hydrogens (primary N) is 1. The second-order valence-electron chi connectivity index (χ2n) is 4.22. The summed E-state index contributed by atoms with van der Waals surface area (Å²) in [5.41, 5.74) is 5.97. The quantitative estimate of drug-likeness (QED) is 0.771. The van der Waals surface area contributed by atoms with Crippen LogP contribution in [0.5, 0.6) is 0 Å². The molecular weight excluding hydrogens is 323 g/mol. The molecule has 0 fully saturated rings. The third-order valence-electron chi connectivity index (χ3n) is 2.86. The highest BCUT2D eigenvalue weighted by Crippen LogP contribution is 2.32. The predicted molar refractivity (Wildman–Crippen MR) is 80.7 cm³/mol. The van der Waals surface area contributed by atoms with Gasteiger partial charge in [0.1, 0.15) is 4.90 Å². The first-order chi connectivity index (χ1) is 9.36. The van der Waals surface area contributed by atoms with Gasteiger partial charge in [0.2, 0.25) is 10.0 Å². The first-order valence-electron chi connectivity index (χ1n) is 5.98. The van der Waals surface area contributed by atoms with E-state index >= 15 is 0 Å². The van der Waals surface area contributed by atoms with Crippen LogP contribution < -0.4 is 5.73 Å². The summed E-state index contributed by atoms with van der Waals surface area (Å²) >= 11 is 12.1. The number of rotatable bonds is 7. The summed E-state index contributed by atoms with van der Waals surface area (Å²) in [4.78, 5) is 0.0175. The van der Waals surface area contributed by atoms with Crippen molar-refractivity contribution < 1.29 is 13.2 Å². The zero-order valence-corrected chi connectivity index (χ0v) is 13.7. The van der Waals surface area contributed by atoms with E-state index in [4.69, 9.17) is 33.7 Å². The van der Waals surface area contributed by atoms with Crippen LogP contribution in [0, 0.1) is 0 Å². The summed E-state index contributed by atoms with van der Waals surface area (Å²) in [5, 5.41) is 0.442. The number of ether oxygens (including phenoxy) is 1. The van der Waals surface area contributed by atoms with Gasteiger partial charge in [0.15, 0.2) is 0 Å². The molecule has 114 valence electrons. The minimum atomic E-state index is -3.67. The van der Waals surface area contributed by atoms with Gasteiger partial charge < -0.3 is 10.5 Å². The summed E-state index contributed by atoms with van der Waals surface area (Å²) in [5.74, 6) is 0. The Labute approximate surface area is 129 Å². The molecular formula is C12H18Cl2N2O3S. The Balaban J connectivity index is 3.10. The molecule has 0 heterocycles. The second kappa shape index (κ2) is 7.59. The van der Waals surface area contributed by atoms with Gasteiger partial charge in [-0.25, -0.2) is 12.7 Å². The smallest absolute Gasteiger partial charge is 0.244 e. The van der Waals surface area contributed by atoms with E-state index < -0.39 is 10.0 Å². The summed E-state index contributed by atoms with van der Waals surface area (Å²) in [6.07, 6.45) is 0.598. The van der Waals surface area contributed by atoms with E-state index in [0.29, 0.717) is 30.2 Å². The van der Waals surface area contributed by atoms with E-state index in [0.717, 1.165) is 0 Å². The van der Waals surface area contributed by atoms with Gasteiger partial charge in [0.25, 0.3) is 0 Å². The van der Waals surface area contributed by atoms with E-state index in [1.807, 2.05) is 0 Å². The summed E-state index contributed by atoms with van der Waals surface area (Å²) in [6.45, 7) is 0.907. The van der Waals surface area contributed by atoms with Crippen molar-refractivity contribution in [3.63, 3.8) is 0 Å². The van der Waals surface area contributed by atoms with E-state index in [2.05, 4.69) is 0 Å². The standard InChI is InChI=1S/C12H18Cl2N2O3S/c1-16(6-3-7-19-2)20(17,18)11-5-4-10(13)9(8-15)12(11)14/h4-5H,3,6-8,15H2,1-2H3. The fourth-order valence-corrected chi connectivity index (χ4v) is 3.79. The molecule has 0 aliphatic heterocycles. The largest absolute Gasteiger partial charge is 0.385 e. The Morgan fingerprint density at radius 2 is 2.00 bits per heavy atom. The van der Waals surface area contributed by atoms with E-state index in [9.17, 15) is 8.42 Å². The van der Waals surface area contributed by atoms with Crippen molar-refractivity contribution in [1.29, 1.82) is 0 Å². The van der Waals surface area contributed by atoms with Crippen LogP contribution in [0.1, 0.15) is 12.0 Å². The zero-order chi connectivity index (χ0) is 15.3.